The Kier molecular flexibility index (Phi) is 11.7. The number of unbranched alkanes of at least 4 members (excludes halogenated alkanes) is 1. The zero-order valence-corrected chi connectivity index (χ0v) is 15.5. The first-order valence-electron chi connectivity index (χ1n) is 8.54. The van der Waals surface area contributed by atoms with Crippen LogP contribution >= 0.6 is 0 Å². The van der Waals surface area contributed by atoms with Crippen molar-refractivity contribution in [1.82, 2.24) is 10.6 Å². The molecule has 0 fully saturated rings. The predicted molar refractivity (Wildman–Crippen MR) is 90.9 cm³/mol. The van der Waals surface area contributed by atoms with E-state index < -0.39 is 12.3 Å². The van der Waals surface area contributed by atoms with Crippen molar-refractivity contribution in [3.63, 3.8) is 0 Å². The molecule has 23 heavy (non-hydrogen) atoms. The van der Waals surface area contributed by atoms with Gasteiger partial charge in [0.1, 0.15) is 6.04 Å². The molecule has 136 valence electrons. The molecule has 1 unspecified atom stereocenters. The molecule has 0 aliphatic carbocycles. The molecule has 6 heteroatoms. The van der Waals surface area contributed by atoms with Gasteiger partial charge < -0.3 is 20.1 Å². The van der Waals surface area contributed by atoms with Crippen LogP contribution in [0.5, 0.6) is 0 Å². The van der Waals surface area contributed by atoms with Crippen LogP contribution in [0.1, 0.15) is 59.8 Å². The number of nitrogens with one attached hydrogen (secondary N) is 2. The number of amides is 2. The van der Waals surface area contributed by atoms with Gasteiger partial charge in [-0.3, -0.25) is 9.59 Å². The zero-order valence-electron chi connectivity index (χ0n) is 15.5. The fourth-order valence-electron chi connectivity index (χ4n) is 2.41. The van der Waals surface area contributed by atoms with E-state index in [1.165, 1.54) is 0 Å². The lowest BCUT2D eigenvalue weighted by Crippen LogP contribution is -2.53. The molecule has 0 heterocycles. The Morgan fingerprint density at radius 1 is 1.04 bits per heavy atom. The lowest BCUT2D eigenvalue weighted by atomic mass is 10.0. The van der Waals surface area contributed by atoms with E-state index in [4.69, 9.17) is 9.47 Å². The van der Waals surface area contributed by atoms with Gasteiger partial charge in [-0.05, 0) is 18.8 Å². The van der Waals surface area contributed by atoms with E-state index in [2.05, 4.69) is 17.6 Å². The van der Waals surface area contributed by atoms with E-state index in [1.807, 2.05) is 13.8 Å². The van der Waals surface area contributed by atoms with Crippen molar-refractivity contribution >= 4 is 11.8 Å². The Bertz CT molecular complexity index is 343. The monoisotopic (exact) mass is 330 g/mol. The summed E-state index contributed by atoms with van der Waals surface area (Å²) in [5, 5.41) is 5.79. The van der Waals surface area contributed by atoms with Crippen LogP contribution in [0, 0.1) is 5.92 Å². The van der Waals surface area contributed by atoms with Crippen molar-refractivity contribution < 1.29 is 19.1 Å². The van der Waals surface area contributed by atoms with Gasteiger partial charge in [-0.25, -0.2) is 0 Å². The second kappa shape index (κ2) is 12.3. The molecule has 0 rings (SSSR count). The number of methoxy groups -OCH3 is 2. The van der Waals surface area contributed by atoms with Gasteiger partial charge in [0.15, 0.2) is 6.29 Å². The Balaban J connectivity index is 4.94. The van der Waals surface area contributed by atoms with Crippen molar-refractivity contribution in [3.8, 4) is 0 Å². The summed E-state index contributed by atoms with van der Waals surface area (Å²) in [5.74, 6) is 0.00397. The lowest BCUT2D eigenvalue weighted by Gasteiger charge is -2.28. The van der Waals surface area contributed by atoms with Gasteiger partial charge in [0.2, 0.25) is 11.8 Å². The molecule has 2 amide bonds. The number of hydrogen-bond donors (Lipinski definition) is 2. The Labute approximate surface area is 140 Å². The average Bonchev–Trinajstić information content (AvgIpc) is 2.51. The summed E-state index contributed by atoms with van der Waals surface area (Å²) in [7, 11) is 3.12. The summed E-state index contributed by atoms with van der Waals surface area (Å²) in [6.07, 6.45) is 3.22. The third-order valence-electron chi connectivity index (χ3n) is 3.67. The molecule has 0 aromatic rings. The van der Waals surface area contributed by atoms with Crippen molar-refractivity contribution in [3.05, 3.63) is 0 Å². The summed E-state index contributed by atoms with van der Waals surface area (Å²) in [4.78, 5) is 24.3. The van der Waals surface area contributed by atoms with Gasteiger partial charge in [0.25, 0.3) is 0 Å². The highest BCUT2D eigenvalue weighted by Crippen LogP contribution is 2.11. The summed E-state index contributed by atoms with van der Waals surface area (Å²) >= 11 is 0. The van der Waals surface area contributed by atoms with Crippen LogP contribution in [0.4, 0.5) is 0 Å². The van der Waals surface area contributed by atoms with Gasteiger partial charge in [-0.1, -0.05) is 40.5 Å². The predicted octanol–water partition coefficient (Wildman–Crippen LogP) is 2.22. The van der Waals surface area contributed by atoms with Crippen LogP contribution < -0.4 is 10.6 Å². The molecule has 0 aromatic carbocycles. The van der Waals surface area contributed by atoms with Crippen LogP contribution in [-0.4, -0.2) is 44.4 Å². The quantitative estimate of drug-likeness (QED) is 0.538. The standard InChI is InChI=1S/C17H34N2O4/c1-7-9-10-13(17(22-5)23-6)19-16(21)14(11-12(3)4)18-15(20)8-2/h12-14,17H,7-11H2,1-6H3,(H,18,20)(H,19,21)/t13?,14-/m0/s1. The van der Waals surface area contributed by atoms with E-state index in [9.17, 15) is 9.59 Å². The van der Waals surface area contributed by atoms with Gasteiger partial charge in [0.05, 0.1) is 6.04 Å². The maximum absolute atomic E-state index is 12.6. The average molecular weight is 330 g/mol. The third-order valence-corrected chi connectivity index (χ3v) is 3.67. The number of hydrogen-bond acceptors (Lipinski definition) is 4. The number of carbonyl (C=O) groups excluding carboxylic acids is 2. The molecule has 6 nitrogen and oxygen atoms in total. The minimum absolute atomic E-state index is 0.119. The first-order chi connectivity index (χ1) is 10.9. The molecule has 0 aliphatic rings. The molecule has 0 saturated heterocycles. The minimum atomic E-state index is -0.527. The van der Waals surface area contributed by atoms with E-state index in [-0.39, 0.29) is 17.9 Å². The lowest BCUT2D eigenvalue weighted by molar-refractivity contribution is -0.141. The van der Waals surface area contributed by atoms with Gasteiger partial charge in [-0.15, -0.1) is 0 Å². The zero-order chi connectivity index (χ0) is 17.8. The fourth-order valence-corrected chi connectivity index (χ4v) is 2.41. The highest BCUT2D eigenvalue weighted by Gasteiger charge is 2.27. The van der Waals surface area contributed by atoms with E-state index in [0.29, 0.717) is 18.8 Å². The minimum Gasteiger partial charge on any atom is -0.354 e. The first kappa shape index (κ1) is 21.9. The summed E-state index contributed by atoms with van der Waals surface area (Å²) in [6, 6.07) is -0.758. The fraction of sp³-hybridized carbons (Fsp3) is 0.882. The van der Waals surface area contributed by atoms with Crippen LogP contribution in [0.25, 0.3) is 0 Å². The molecular formula is C17H34N2O4. The number of rotatable bonds is 12. The summed E-state index contributed by atoms with van der Waals surface area (Å²) in [6.45, 7) is 7.92. The molecule has 2 atom stereocenters. The largest absolute Gasteiger partial charge is 0.354 e. The third kappa shape index (κ3) is 8.91. The van der Waals surface area contributed by atoms with Crippen molar-refractivity contribution in [2.24, 2.45) is 5.92 Å². The Hall–Kier alpha value is -1.14. The van der Waals surface area contributed by atoms with Crippen molar-refractivity contribution in [2.45, 2.75) is 78.2 Å². The number of ether oxygens (including phenoxy) is 2. The molecule has 0 radical (unpaired) electrons. The molecular weight excluding hydrogens is 296 g/mol. The van der Waals surface area contributed by atoms with E-state index in [1.54, 1.807) is 21.1 Å². The molecule has 0 spiro atoms. The second-order valence-corrected chi connectivity index (χ2v) is 6.20. The smallest absolute Gasteiger partial charge is 0.242 e. The molecule has 0 aromatic heterocycles. The van der Waals surface area contributed by atoms with Crippen LogP contribution in [0.3, 0.4) is 0 Å². The van der Waals surface area contributed by atoms with Crippen LogP contribution in [-0.2, 0) is 19.1 Å². The molecule has 2 N–H and O–H groups in total. The Morgan fingerprint density at radius 2 is 1.65 bits per heavy atom. The maximum Gasteiger partial charge on any atom is 0.242 e. The number of carbonyl (C=O) groups is 2. The molecule has 0 saturated carbocycles. The highest BCUT2D eigenvalue weighted by atomic mass is 16.7. The van der Waals surface area contributed by atoms with Gasteiger partial charge in [0, 0.05) is 20.6 Å². The second-order valence-electron chi connectivity index (χ2n) is 6.20. The SMILES string of the molecule is CCCCC(NC(=O)[C@H](CC(C)C)NC(=O)CC)C(OC)OC. The first-order valence-corrected chi connectivity index (χ1v) is 8.54. The maximum atomic E-state index is 12.6. The van der Waals surface area contributed by atoms with Gasteiger partial charge in [-0.2, -0.15) is 0 Å². The van der Waals surface area contributed by atoms with Crippen LogP contribution in [0.2, 0.25) is 0 Å². The molecule has 0 aliphatic heterocycles. The van der Waals surface area contributed by atoms with E-state index >= 15 is 0 Å². The van der Waals surface area contributed by atoms with Crippen LogP contribution in [0.15, 0.2) is 0 Å². The Morgan fingerprint density at radius 3 is 2.09 bits per heavy atom. The van der Waals surface area contributed by atoms with Crippen molar-refractivity contribution in [2.75, 3.05) is 14.2 Å². The highest BCUT2D eigenvalue weighted by molar-refractivity contribution is 5.87. The normalized spacial score (nSPS) is 13.9. The van der Waals surface area contributed by atoms with Gasteiger partial charge >= 0.3 is 0 Å². The molecule has 0 bridgehead atoms. The van der Waals surface area contributed by atoms with E-state index in [0.717, 1.165) is 19.3 Å². The summed E-state index contributed by atoms with van der Waals surface area (Å²) in [5.41, 5.74) is 0. The summed E-state index contributed by atoms with van der Waals surface area (Å²) < 4.78 is 10.6. The topological polar surface area (TPSA) is 76.7 Å². The van der Waals surface area contributed by atoms with Crippen molar-refractivity contribution in [1.29, 1.82) is 0 Å².